The summed E-state index contributed by atoms with van der Waals surface area (Å²) in [6.45, 7) is 3.00. The Kier molecular flexibility index (Phi) is 5.26. The van der Waals surface area contributed by atoms with E-state index in [1.807, 2.05) is 11.7 Å². The van der Waals surface area contributed by atoms with Gasteiger partial charge in [0.25, 0.3) is 0 Å². The monoisotopic (exact) mass is 383 g/mol. The smallest absolute Gasteiger partial charge is 0.243 e. The average Bonchev–Trinajstić information content (AvgIpc) is 3.30. The van der Waals surface area contributed by atoms with Crippen LogP contribution in [0.15, 0.2) is 34.9 Å². The van der Waals surface area contributed by atoms with E-state index in [0.29, 0.717) is 11.8 Å². The van der Waals surface area contributed by atoms with Crippen molar-refractivity contribution in [1.29, 1.82) is 0 Å². The first kappa shape index (κ1) is 18.8. The topological polar surface area (TPSA) is 60.0 Å². The summed E-state index contributed by atoms with van der Waals surface area (Å²) in [4.78, 5) is 6.78. The fourth-order valence-electron chi connectivity index (χ4n) is 3.36. The molecule has 148 valence electrons. The molecule has 0 radical (unpaired) electrons. The van der Waals surface area contributed by atoms with Crippen molar-refractivity contribution in [2.24, 2.45) is 7.05 Å². The van der Waals surface area contributed by atoms with E-state index in [0.717, 1.165) is 42.2 Å². The molecule has 1 aliphatic rings. The number of aromatic nitrogens is 4. The number of aryl methyl sites for hydroxylation is 2. The molecule has 28 heavy (non-hydrogen) atoms. The highest BCUT2D eigenvalue weighted by molar-refractivity contribution is 5.59. The molecule has 0 saturated heterocycles. The van der Waals surface area contributed by atoms with E-state index in [2.05, 4.69) is 40.2 Å². The first-order valence-electron chi connectivity index (χ1n) is 9.84. The molecule has 1 atom stereocenters. The highest BCUT2D eigenvalue weighted by Gasteiger charge is 2.30. The highest BCUT2D eigenvalue weighted by atomic mass is 19.1. The number of halogens is 1. The van der Waals surface area contributed by atoms with Gasteiger partial charge in [0.2, 0.25) is 5.89 Å². The normalized spacial score (nSPS) is 15.3. The molecule has 1 unspecified atom stereocenters. The Hall–Kier alpha value is -2.54. The van der Waals surface area contributed by atoms with Crippen molar-refractivity contribution in [3.8, 4) is 11.3 Å². The van der Waals surface area contributed by atoms with Crippen molar-refractivity contribution >= 4 is 0 Å². The number of rotatable bonds is 8. The number of hydrogen-bond acceptors (Lipinski definition) is 5. The predicted octanol–water partition coefficient (Wildman–Crippen LogP) is 4.11. The van der Waals surface area contributed by atoms with Gasteiger partial charge in [-0.25, -0.2) is 4.39 Å². The molecule has 1 saturated carbocycles. The van der Waals surface area contributed by atoms with Gasteiger partial charge in [-0.2, -0.15) is 10.1 Å². The molecule has 0 N–H and O–H groups in total. The summed E-state index contributed by atoms with van der Waals surface area (Å²) in [6, 6.07) is 8.70. The van der Waals surface area contributed by atoms with E-state index >= 15 is 0 Å². The van der Waals surface area contributed by atoms with Gasteiger partial charge < -0.3 is 4.52 Å². The van der Waals surface area contributed by atoms with E-state index in [9.17, 15) is 4.39 Å². The van der Waals surface area contributed by atoms with Gasteiger partial charge in [-0.05, 0) is 82.1 Å². The Balaban J connectivity index is 1.31. The van der Waals surface area contributed by atoms with Gasteiger partial charge in [0.1, 0.15) is 5.82 Å². The van der Waals surface area contributed by atoms with Crippen LogP contribution in [0.2, 0.25) is 0 Å². The van der Waals surface area contributed by atoms with Crippen molar-refractivity contribution < 1.29 is 8.91 Å². The number of benzene rings is 1. The fourth-order valence-corrected chi connectivity index (χ4v) is 3.36. The van der Waals surface area contributed by atoms with Crippen LogP contribution >= 0.6 is 0 Å². The van der Waals surface area contributed by atoms with Crippen molar-refractivity contribution in [3.05, 3.63) is 53.6 Å². The SMILES string of the molecule is CC(c1nc(C2CC2)no1)N(C)CCCc1cc(-c2ccc(F)cc2)n(C)n1. The summed E-state index contributed by atoms with van der Waals surface area (Å²) in [5.41, 5.74) is 3.00. The van der Waals surface area contributed by atoms with E-state index in [1.165, 1.54) is 25.0 Å². The minimum Gasteiger partial charge on any atom is -0.338 e. The number of hydrogen-bond donors (Lipinski definition) is 0. The van der Waals surface area contributed by atoms with Crippen molar-refractivity contribution in [2.75, 3.05) is 13.6 Å². The molecule has 1 fully saturated rings. The zero-order valence-corrected chi connectivity index (χ0v) is 16.6. The van der Waals surface area contributed by atoms with Crippen molar-refractivity contribution in [1.82, 2.24) is 24.8 Å². The molecule has 0 aliphatic heterocycles. The van der Waals surface area contributed by atoms with Gasteiger partial charge in [-0.1, -0.05) is 5.16 Å². The molecule has 3 aromatic rings. The third-order valence-electron chi connectivity index (χ3n) is 5.43. The molecule has 0 spiro atoms. The van der Waals surface area contributed by atoms with Crippen LogP contribution < -0.4 is 0 Å². The standard InChI is InChI=1S/C21H26FN5O/c1-14(21-23-20(25-28-21)16-6-7-16)26(2)12-4-5-18-13-19(27(3)24-18)15-8-10-17(22)11-9-15/h8-11,13-14,16H,4-7,12H2,1-3H3. The molecule has 2 heterocycles. The van der Waals surface area contributed by atoms with Gasteiger partial charge in [0, 0.05) is 13.0 Å². The summed E-state index contributed by atoms with van der Waals surface area (Å²) in [6.07, 6.45) is 4.20. The molecule has 4 rings (SSSR count). The molecular weight excluding hydrogens is 357 g/mol. The van der Waals surface area contributed by atoms with Crippen LogP contribution in [0.1, 0.15) is 55.6 Å². The van der Waals surface area contributed by atoms with Gasteiger partial charge in [0.05, 0.1) is 17.4 Å². The summed E-state index contributed by atoms with van der Waals surface area (Å²) in [5.74, 6) is 1.83. The van der Waals surface area contributed by atoms with Crippen LogP contribution in [0.5, 0.6) is 0 Å². The molecule has 1 aromatic carbocycles. The van der Waals surface area contributed by atoms with E-state index in [-0.39, 0.29) is 11.9 Å². The van der Waals surface area contributed by atoms with Crippen molar-refractivity contribution in [2.45, 2.75) is 44.6 Å². The van der Waals surface area contributed by atoms with E-state index in [4.69, 9.17) is 4.52 Å². The first-order valence-corrected chi connectivity index (χ1v) is 9.84. The maximum Gasteiger partial charge on any atom is 0.243 e. The lowest BCUT2D eigenvalue weighted by molar-refractivity contribution is 0.207. The fraction of sp³-hybridized carbons (Fsp3) is 0.476. The summed E-state index contributed by atoms with van der Waals surface area (Å²) >= 11 is 0. The van der Waals surface area contributed by atoms with E-state index in [1.54, 1.807) is 12.1 Å². The van der Waals surface area contributed by atoms with Crippen LogP contribution in [0.25, 0.3) is 11.3 Å². The Morgan fingerprint density at radius 2 is 2.04 bits per heavy atom. The van der Waals surface area contributed by atoms with Crippen LogP contribution in [-0.4, -0.2) is 38.4 Å². The molecule has 0 bridgehead atoms. The second-order valence-electron chi connectivity index (χ2n) is 7.68. The third-order valence-corrected chi connectivity index (χ3v) is 5.43. The van der Waals surface area contributed by atoms with Crippen LogP contribution in [0.3, 0.4) is 0 Å². The van der Waals surface area contributed by atoms with Crippen LogP contribution in [0.4, 0.5) is 4.39 Å². The zero-order valence-electron chi connectivity index (χ0n) is 16.6. The molecule has 1 aliphatic carbocycles. The minimum absolute atomic E-state index is 0.0958. The Labute approximate surface area is 164 Å². The lowest BCUT2D eigenvalue weighted by atomic mass is 10.1. The summed E-state index contributed by atoms with van der Waals surface area (Å²) in [7, 11) is 4.00. The Morgan fingerprint density at radius 1 is 1.29 bits per heavy atom. The van der Waals surface area contributed by atoms with Crippen LogP contribution in [0, 0.1) is 5.82 Å². The van der Waals surface area contributed by atoms with Gasteiger partial charge in [-0.15, -0.1) is 0 Å². The molecule has 2 aromatic heterocycles. The summed E-state index contributed by atoms with van der Waals surface area (Å²) < 4.78 is 20.4. The molecule has 7 heteroatoms. The lowest BCUT2D eigenvalue weighted by Crippen LogP contribution is -2.24. The third kappa shape index (κ3) is 4.14. The van der Waals surface area contributed by atoms with E-state index < -0.39 is 0 Å². The Morgan fingerprint density at radius 3 is 2.75 bits per heavy atom. The second kappa shape index (κ2) is 7.83. The average molecular weight is 383 g/mol. The predicted molar refractivity (Wildman–Crippen MR) is 104 cm³/mol. The minimum atomic E-state index is -0.228. The zero-order chi connectivity index (χ0) is 19.7. The molecule has 0 amide bonds. The quantitative estimate of drug-likeness (QED) is 0.586. The molecule has 6 nitrogen and oxygen atoms in total. The second-order valence-corrected chi connectivity index (χ2v) is 7.68. The van der Waals surface area contributed by atoms with Gasteiger partial charge in [-0.3, -0.25) is 9.58 Å². The maximum absolute atomic E-state index is 13.1. The molecular formula is C21H26FN5O. The van der Waals surface area contributed by atoms with Crippen LogP contribution in [-0.2, 0) is 13.5 Å². The largest absolute Gasteiger partial charge is 0.338 e. The van der Waals surface area contributed by atoms with Gasteiger partial charge >= 0.3 is 0 Å². The van der Waals surface area contributed by atoms with Gasteiger partial charge in [0.15, 0.2) is 5.82 Å². The first-order chi connectivity index (χ1) is 13.5. The summed E-state index contributed by atoms with van der Waals surface area (Å²) in [5, 5.41) is 8.71. The highest BCUT2D eigenvalue weighted by Crippen LogP contribution is 2.38. The van der Waals surface area contributed by atoms with Crippen molar-refractivity contribution in [3.63, 3.8) is 0 Å². The Bertz CT molecular complexity index is 929. The maximum atomic E-state index is 13.1. The number of nitrogens with zero attached hydrogens (tertiary/aromatic N) is 5. The lowest BCUT2D eigenvalue weighted by Gasteiger charge is -2.21.